The van der Waals surface area contributed by atoms with Crippen LogP contribution in [0.25, 0.3) is 16.3 Å². The fourth-order valence-corrected chi connectivity index (χ4v) is 4.31. The third-order valence-electron chi connectivity index (χ3n) is 4.77. The Morgan fingerprint density at radius 1 is 1.10 bits per heavy atom. The van der Waals surface area contributed by atoms with Crippen molar-refractivity contribution in [1.82, 2.24) is 14.9 Å². The number of hydrogen-bond donors (Lipinski definition) is 1. The molecule has 0 saturated carbocycles. The minimum Gasteiger partial charge on any atom is -0.327 e. The average molecular weight is 448 g/mol. The molecule has 0 saturated heterocycles. The highest BCUT2D eigenvalue weighted by Gasteiger charge is 2.15. The predicted octanol–water partition coefficient (Wildman–Crippen LogP) is 4.95. The monoisotopic (exact) mass is 447 g/mol. The summed E-state index contributed by atoms with van der Waals surface area (Å²) >= 11 is 3.04. The number of benzene rings is 2. The summed E-state index contributed by atoms with van der Waals surface area (Å²) in [5, 5.41) is 1.84. The standard InChI is InChI=1S/C24H21N3O2S2/c1-30-19-10-7-17(8-11-19)9-12-22(28)27(15-18-5-3-2-4-6-18)16-21-25-20-13-14-31-23(20)24(29)26-21/h2-14H,15-16H2,1H3,(H,25,26,29)/b12-9+. The van der Waals surface area contributed by atoms with Crippen molar-refractivity contribution < 1.29 is 4.79 Å². The van der Waals surface area contributed by atoms with Gasteiger partial charge in [-0.25, -0.2) is 4.98 Å². The Hall–Kier alpha value is -3.16. The highest BCUT2D eigenvalue weighted by atomic mass is 32.2. The smallest absolute Gasteiger partial charge is 0.268 e. The van der Waals surface area contributed by atoms with E-state index in [1.54, 1.807) is 22.7 Å². The molecule has 2 aromatic heterocycles. The van der Waals surface area contributed by atoms with Crippen LogP contribution in [-0.4, -0.2) is 27.0 Å². The second kappa shape index (κ2) is 9.76. The quantitative estimate of drug-likeness (QED) is 0.322. The van der Waals surface area contributed by atoms with Crippen molar-refractivity contribution in [2.24, 2.45) is 0 Å². The largest absolute Gasteiger partial charge is 0.327 e. The summed E-state index contributed by atoms with van der Waals surface area (Å²) in [4.78, 5) is 35.6. The van der Waals surface area contributed by atoms with Gasteiger partial charge in [0.1, 0.15) is 10.5 Å². The first-order valence-corrected chi connectivity index (χ1v) is 11.8. The van der Waals surface area contributed by atoms with Gasteiger partial charge >= 0.3 is 0 Å². The van der Waals surface area contributed by atoms with Gasteiger partial charge in [-0.3, -0.25) is 9.59 Å². The Bertz CT molecular complexity index is 1260. The second-order valence-electron chi connectivity index (χ2n) is 6.93. The van der Waals surface area contributed by atoms with Gasteiger partial charge < -0.3 is 9.88 Å². The van der Waals surface area contributed by atoms with Gasteiger partial charge in [-0.2, -0.15) is 0 Å². The van der Waals surface area contributed by atoms with E-state index in [-0.39, 0.29) is 18.0 Å². The molecular formula is C24H21N3O2S2. The summed E-state index contributed by atoms with van der Waals surface area (Å²) in [5.41, 5.74) is 2.44. The molecular weight excluding hydrogens is 426 g/mol. The molecule has 1 amide bonds. The van der Waals surface area contributed by atoms with Crippen molar-refractivity contribution in [3.8, 4) is 0 Å². The molecule has 0 fully saturated rings. The molecule has 0 aliphatic carbocycles. The number of rotatable bonds is 7. The lowest BCUT2D eigenvalue weighted by Crippen LogP contribution is -2.30. The van der Waals surface area contributed by atoms with Crippen LogP contribution in [0.5, 0.6) is 0 Å². The zero-order valence-corrected chi connectivity index (χ0v) is 18.6. The number of nitrogens with zero attached hydrogens (tertiary/aromatic N) is 2. The minimum absolute atomic E-state index is 0.147. The van der Waals surface area contributed by atoms with E-state index in [9.17, 15) is 9.59 Å². The maximum atomic E-state index is 13.1. The number of H-pyrrole nitrogens is 1. The fraction of sp³-hybridized carbons (Fsp3) is 0.125. The van der Waals surface area contributed by atoms with E-state index in [1.807, 2.05) is 78.4 Å². The number of fused-ring (bicyclic) bond motifs is 1. The van der Waals surface area contributed by atoms with Gasteiger partial charge in [0.25, 0.3) is 5.56 Å². The van der Waals surface area contributed by atoms with Crippen LogP contribution in [0.2, 0.25) is 0 Å². The zero-order chi connectivity index (χ0) is 21.6. The molecule has 4 rings (SSSR count). The highest BCUT2D eigenvalue weighted by Crippen LogP contribution is 2.17. The average Bonchev–Trinajstić information content (AvgIpc) is 3.27. The van der Waals surface area contributed by atoms with Crippen LogP contribution < -0.4 is 5.56 Å². The van der Waals surface area contributed by atoms with Crippen molar-refractivity contribution in [3.05, 3.63) is 99.4 Å². The number of carbonyl (C=O) groups excluding carboxylic acids is 1. The Morgan fingerprint density at radius 3 is 2.61 bits per heavy atom. The van der Waals surface area contributed by atoms with E-state index in [4.69, 9.17) is 0 Å². The predicted molar refractivity (Wildman–Crippen MR) is 128 cm³/mol. The number of thiophene rings is 1. The molecule has 0 aliphatic heterocycles. The molecule has 0 aliphatic rings. The zero-order valence-electron chi connectivity index (χ0n) is 16.9. The van der Waals surface area contributed by atoms with Gasteiger partial charge in [0.15, 0.2) is 0 Å². The molecule has 0 atom stereocenters. The number of amides is 1. The van der Waals surface area contributed by atoms with Gasteiger partial charge in [-0.1, -0.05) is 42.5 Å². The number of thioether (sulfide) groups is 1. The third kappa shape index (κ3) is 5.31. The first-order valence-electron chi connectivity index (χ1n) is 9.74. The molecule has 2 aromatic carbocycles. The van der Waals surface area contributed by atoms with Crippen molar-refractivity contribution in [2.75, 3.05) is 6.26 Å². The molecule has 156 valence electrons. The summed E-state index contributed by atoms with van der Waals surface area (Å²) in [6.07, 6.45) is 5.41. The number of aromatic amines is 1. The second-order valence-corrected chi connectivity index (χ2v) is 8.73. The van der Waals surface area contributed by atoms with Crippen LogP contribution in [0.1, 0.15) is 17.0 Å². The number of aromatic nitrogens is 2. The lowest BCUT2D eigenvalue weighted by molar-refractivity contribution is -0.127. The van der Waals surface area contributed by atoms with E-state index >= 15 is 0 Å². The van der Waals surface area contributed by atoms with Crippen LogP contribution in [0.15, 0.2) is 81.8 Å². The molecule has 0 spiro atoms. The van der Waals surface area contributed by atoms with Crippen molar-refractivity contribution in [1.29, 1.82) is 0 Å². The molecule has 4 aromatic rings. The van der Waals surface area contributed by atoms with Crippen LogP contribution in [-0.2, 0) is 17.9 Å². The molecule has 0 unspecified atom stereocenters. The molecule has 0 bridgehead atoms. The maximum absolute atomic E-state index is 13.1. The van der Waals surface area contributed by atoms with E-state index in [0.717, 1.165) is 11.1 Å². The molecule has 2 heterocycles. The summed E-state index contributed by atoms with van der Waals surface area (Å²) in [7, 11) is 0. The molecule has 1 N–H and O–H groups in total. The summed E-state index contributed by atoms with van der Waals surface area (Å²) in [6.45, 7) is 0.630. The summed E-state index contributed by atoms with van der Waals surface area (Å²) < 4.78 is 0.596. The normalized spacial score (nSPS) is 11.3. The lowest BCUT2D eigenvalue weighted by Gasteiger charge is -2.21. The van der Waals surface area contributed by atoms with Gasteiger partial charge in [0.2, 0.25) is 5.91 Å². The fourth-order valence-electron chi connectivity index (χ4n) is 3.18. The maximum Gasteiger partial charge on any atom is 0.268 e. The Kier molecular flexibility index (Phi) is 6.64. The molecule has 31 heavy (non-hydrogen) atoms. The molecule has 7 heteroatoms. The minimum atomic E-state index is -0.175. The Labute approximate surface area is 188 Å². The SMILES string of the molecule is CSc1ccc(/C=C/C(=O)N(Cc2ccccc2)Cc2nc3ccsc3c(=O)[nH]2)cc1. The molecule has 5 nitrogen and oxygen atoms in total. The van der Waals surface area contributed by atoms with E-state index < -0.39 is 0 Å². The number of carbonyl (C=O) groups is 1. The van der Waals surface area contributed by atoms with Gasteiger partial charge in [-0.05, 0) is 47.0 Å². The van der Waals surface area contributed by atoms with E-state index in [2.05, 4.69) is 9.97 Å². The van der Waals surface area contributed by atoms with E-state index in [0.29, 0.717) is 22.6 Å². The highest BCUT2D eigenvalue weighted by molar-refractivity contribution is 7.98. The summed E-state index contributed by atoms with van der Waals surface area (Å²) in [5.74, 6) is 0.323. The third-order valence-corrected chi connectivity index (χ3v) is 6.41. The topological polar surface area (TPSA) is 66.1 Å². The van der Waals surface area contributed by atoms with Crippen LogP contribution in [0.4, 0.5) is 0 Å². The summed E-state index contributed by atoms with van der Waals surface area (Å²) in [6, 6.07) is 19.6. The number of nitrogens with one attached hydrogen (secondary N) is 1. The van der Waals surface area contributed by atoms with Gasteiger partial charge in [-0.15, -0.1) is 23.1 Å². The van der Waals surface area contributed by atoms with Crippen LogP contribution >= 0.6 is 23.1 Å². The Morgan fingerprint density at radius 2 is 1.87 bits per heavy atom. The van der Waals surface area contributed by atoms with Crippen LogP contribution in [0.3, 0.4) is 0 Å². The first-order chi connectivity index (χ1) is 15.1. The van der Waals surface area contributed by atoms with Crippen molar-refractivity contribution >= 4 is 45.3 Å². The van der Waals surface area contributed by atoms with Crippen molar-refractivity contribution in [2.45, 2.75) is 18.0 Å². The number of hydrogen-bond acceptors (Lipinski definition) is 5. The van der Waals surface area contributed by atoms with Crippen molar-refractivity contribution in [3.63, 3.8) is 0 Å². The van der Waals surface area contributed by atoms with E-state index in [1.165, 1.54) is 16.2 Å². The van der Waals surface area contributed by atoms with Gasteiger partial charge in [0.05, 0.1) is 12.1 Å². The first kappa shape index (κ1) is 21.1. The Balaban J connectivity index is 1.58. The molecule has 0 radical (unpaired) electrons. The van der Waals surface area contributed by atoms with Gasteiger partial charge in [0, 0.05) is 17.5 Å². The lowest BCUT2D eigenvalue weighted by atomic mass is 10.2. The van der Waals surface area contributed by atoms with Crippen LogP contribution in [0, 0.1) is 0 Å².